The monoisotopic (exact) mass is 324 g/mol. The maximum Gasteiger partial charge on any atom is 0.253 e. The van der Waals surface area contributed by atoms with Crippen molar-refractivity contribution < 1.29 is 26.3 Å². The maximum absolute atomic E-state index is 5.25. The lowest BCUT2D eigenvalue weighted by atomic mass is 10.2. The molecule has 1 aromatic carbocycles. The summed E-state index contributed by atoms with van der Waals surface area (Å²) in [5, 5.41) is 0. The zero-order valence-electron chi connectivity index (χ0n) is 11.8. The van der Waals surface area contributed by atoms with E-state index in [0.717, 1.165) is 25.3 Å². The van der Waals surface area contributed by atoms with Gasteiger partial charge in [0.25, 0.3) is 5.82 Å². The van der Waals surface area contributed by atoms with E-state index in [2.05, 4.69) is 47.5 Å². The Balaban J connectivity index is 0.00000180. The minimum atomic E-state index is 0. The lowest BCUT2D eigenvalue weighted by Gasteiger charge is -2.04. The number of benzene rings is 1. The lowest BCUT2D eigenvalue weighted by Crippen LogP contribution is -3.00. The summed E-state index contributed by atoms with van der Waals surface area (Å²) in [5.74, 6) is 2.21. The first-order chi connectivity index (χ1) is 8.74. The summed E-state index contributed by atoms with van der Waals surface area (Å²) in [5.41, 5.74) is 1.26. The highest BCUT2D eigenvalue weighted by Gasteiger charge is 2.11. The number of halogens is 1. The van der Waals surface area contributed by atoms with Crippen LogP contribution in [0.5, 0.6) is 5.75 Å². The molecule has 0 aliphatic rings. The Morgan fingerprint density at radius 3 is 2.79 bits per heavy atom. The van der Waals surface area contributed by atoms with Crippen molar-refractivity contribution in [3.05, 3.63) is 48.0 Å². The average molecular weight is 325 g/mol. The summed E-state index contributed by atoms with van der Waals surface area (Å²) >= 11 is 0. The fourth-order valence-electron chi connectivity index (χ4n) is 2.15. The van der Waals surface area contributed by atoms with Crippen LogP contribution in [0.4, 0.5) is 0 Å². The van der Waals surface area contributed by atoms with E-state index in [-0.39, 0.29) is 17.0 Å². The second kappa shape index (κ2) is 7.34. The molecule has 104 valence electrons. The molecule has 0 aliphatic carbocycles. The predicted octanol–water partition coefficient (Wildman–Crippen LogP) is -0.445. The molecule has 19 heavy (non-hydrogen) atoms. The summed E-state index contributed by atoms with van der Waals surface area (Å²) in [7, 11) is 1.70. The third-order valence-electron chi connectivity index (χ3n) is 3.21. The molecule has 0 fully saturated rings. The maximum atomic E-state index is 5.25. The Hall–Kier alpha value is -1.29. The largest absolute Gasteiger partial charge is 1.00 e. The molecule has 4 heteroatoms. The topological polar surface area (TPSA) is 18.0 Å². The number of aromatic nitrogens is 2. The molecular formula is C15H21BrN2O. The van der Waals surface area contributed by atoms with Crippen LogP contribution in [0.15, 0.2) is 36.7 Å². The summed E-state index contributed by atoms with van der Waals surface area (Å²) in [6.07, 6.45) is 5.46. The van der Waals surface area contributed by atoms with Crippen LogP contribution in [-0.4, -0.2) is 11.7 Å². The van der Waals surface area contributed by atoms with Gasteiger partial charge in [0.1, 0.15) is 24.7 Å². The standard InChI is InChI=1S/C15H21N2O.BrH/c1-4-8-16-9-10-17(13(16)2)12-14-6-5-7-15(11-14)18-3;/h5-7,9-11H,4,8,12H2,1-3H3;1H/q+1;/p-1. The van der Waals surface area contributed by atoms with Crippen LogP contribution in [0.3, 0.4) is 0 Å². The molecule has 1 aromatic heterocycles. The van der Waals surface area contributed by atoms with Gasteiger partial charge in [-0.1, -0.05) is 19.1 Å². The normalized spacial score (nSPS) is 10.1. The van der Waals surface area contributed by atoms with Crippen LogP contribution in [0.1, 0.15) is 24.7 Å². The van der Waals surface area contributed by atoms with Crippen molar-refractivity contribution in [1.29, 1.82) is 0 Å². The van der Waals surface area contributed by atoms with Gasteiger partial charge >= 0.3 is 0 Å². The predicted molar refractivity (Wildman–Crippen MR) is 71.8 cm³/mol. The quantitative estimate of drug-likeness (QED) is 0.682. The SMILES string of the molecule is CCCn1cc[n+](Cc2cccc(OC)c2)c1C.[Br-]. The fourth-order valence-corrected chi connectivity index (χ4v) is 2.15. The van der Waals surface area contributed by atoms with E-state index in [1.54, 1.807) is 7.11 Å². The Morgan fingerprint density at radius 2 is 2.11 bits per heavy atom. The highest BCUT2D eigenvalue weighted by molar-refractivity contribution is 5.27. The van der Waals surface area contributed by atoms with Gasteiger partial charge in [0.15, 0.2) is 0 Å². The smallest absolute Gasteiger partial charge is 0.253 e. The number of ether oxygens (including phenoxy) is 1. The number of aryl methyl sites for hydroxylation is 1. The summed E-state index contributed by atoms with van der Waals surface area (Å²) < 4.78 is 9.81. The van der Waals surface area contributed by atoms with Gasteiger partial charge in [0.2, 0.25) is 0 Å². The van der Waals surface area contributed by atoms with Gasteiger partial charge in [0.05, 0.1) is 13.7 Å². The first-order valence-electron chi connectivity index (χ1n) is 6.42. The van der Waals surface area contributed by atoms with E-state index >= 15 is 0 Å². The zero-order valence-corrected chi connectivity index (χ0v) is 13.4. The van der Waals surface area contributed by atoms with Crippen molar-refractivity contribution in [2.24, 2.45) is 0 Å². The molecule has 2 aromatic rings. The van der Waals surface area contributed by atoms with Crippen LogP contribution < -0.4 is 26.3 Å². The third-order valence-corrected chi connectivity index (χ3v) is 3.21. The first kappa shape index (κ1) is 15.8. The molecule has 3 nitrogen and oxygen atoms in total. The molecule has 0 atom stereocenters. The van der Waals surface area contributed by atoms with Gasteiger partial charge < -0.3 is 21.7 Å². The van der Waals surface area contributed by atoms with Gasteiger partial charge in [-0.15, -0.1) is 0 Å². The van der Waals surface area contributed by atoms with Crippen molar-refractivity contribution in [3.8, 4) is 5.75 Å². The molecule has 0 spiro atoms. The Labute approximate surface area is 125 Å². The molecule has 0 amide bonds. The average Bonchev–Trinajstić information content (AvgIpc) is 2.72. The highest BCUT2D eigenvalue weighted by Crippen LogP contribution is 2.12. The van der Waals surface area contributed by atoms with E-state index < -0.39 is 0 Å². The van der Waals surface area contributed by atoms with Gasteiger partial charge in [-0.2, -0.15) is 0 Å². The molecular weight excluding hydrogens is 304 g/mol. The van der Waals surface area contributed by atoms with Crippen molar-refractivity contribution in [1.82, 2.24) is 4.57 Å². The Bertz CT molecular complexity index is 523. The second-order valence-electron chi connectivity index (χ2n) is 4.52. The van der Waals surface area contributed by atoms with Crippen LogP contribution >= 0.6 is 0 Å². The van der Waals surface area contributed by atoms with Crippen LogP contribution in [0.25, 0.3) is 0 Å². The van der Waals surface area contributed by atoms with E-state index in [9.17, 15) is 0 Å². The van der Waals surface area contributed by atoms with E-state index in [0.29, 0.717) is 0 Å². The van der Waals surface area contributed by atoms with Crippen molar-refractivity contribution in [2.75, 3.05) is 7.11 Å². The van der Waals surface area contributed by atoms with Crippen LogP contribution in [-0.2, 0) is 13.1 Å². The van der Waals surface area contributed by atoms with Crippen LogP contribution in [0, 0.1) is 6.92 Å². The lowest BCUT2D eigenvalue weighted by molar-refractivity contribution is -0.694. The number of rotatable bonds is 5. The van der Waals surface area contributed by atoms with Crippen molar-refractivity contribution in [3.63, 3.8) is 0 Å². The molecule has 2 rings (SSSR count). The Morgan fingerprint density at radius 1 is 1.32 bits per heavy atom. The van der Waals surface area contributed by atoms with Gasteiger partial charge in [-0.05, 0) is 24.1 Å². The van der Waals surface area contributed by atoms with E-state index in [1.165, 1.54) is 11.4 Å². The number of hydrogen-bond donors (Lipinski definition) is 0. The zero-order chi connectivity index (χ0) is 13.0. The minimum absolute atomic E-state index is 0. The molecule has 0 aliphatic heterocycles. The first-order valence-corrected chi connectivity index (χ1v) is 6.42. The molecule has 0 radical (unpaired) electrons. The fraction of sp³-hybridized carbons (Fsp3) is 0.400. The molecule has 0 N–H and O–H groups in total. The minimum Gasteiger partial charge on any atom is -1.00 e. The van der Waals surface area contributed by atoms with E-state index in [4.69, 9.17) is 4.74 Å². The molecule has 0 bridgehead atoms. The number of nitrogens with zero attached hydrogens (tertiary/aromatic N) is 2. The highest BCUT2D eigenvalue weighted by atomic mass is 79.9. The summed E-state index contributed by atoms with van der Waals surface area (Å²) in [4.78, 5) is 0. The Kier molecular flexibility index (Phi) is 6.09. The molecule has 0 unspecified atom stereocenters. The number of methoxy groups -OCH3 is 1. The van der Waals surface area contributed by atoms with Crippen molar-refractivity contribution >= 4 is 0 Å². The van der Waals surface area contributed by atoms with Crippen LogP contribution in [0.2, 0.25) is 0 Å². The number of hydrogen-bond acceptors (Lipinski definition) is 1. The van der Waals surface area contributed by atoms with Crippen molar-refractivity contribution in [2.45, 2.75) is 33.4 Å². The molecule has 0 saturated carbocycles. The third kappa shape index (κ3) is 3.83. The van der Waals surface area contributed by atoms with Gasteiger partial charge in [-0.25, -0.2) is 9.13 Å². The molecule has 1 heterocycles. The van der Waals surface area contributed by atoms with E-state index in [1.807, 2.05) is 12.1 Å². The molecule has 0 saturated heterocycles. The second-order valence-corrected chi connectivity index (χ2v) is 4.52. The van der Waals surface area contributed by atoms with Gasteiger partial charge in [-0.3, -0.25) is 0 Å². The summed E-state index contributed by atoms with van der Waals surface area (Å²) in [6, 6.07) is 8.23. The number of imidazole rings is 1. The summed E-state index contributed by atoms with van der Waals surface area (Å²) in [6.45, 7) is 6.33. The van der Waals surface area contributed by atoms with Gasteiger partial charge in [0, 0.05) is 6.92 Å².